The molecule has 2 atom stereocenters. The Bertz CT molecular complexity index is 984. The van der Waals surface area contributed by atoms with Gasteiger partial charge in [-0.05, 0) is 31.2 Å². The Morgan fingerprint density at radius 2 is 1.82 bits per heavy atom. The Morgan fingerprint density at radius 3 is 2.38 bits per heavy atom. The number of hydrogen-bond acceptors (Lipinski definition) is 7. The maximum absolute atomic E-state index is 13.6. The molecule has 0 unspecified atom stereocenters. The molecule has 0 spiro atoms. The van der Waals surface area contributed by atoms with E-state index in [-0.39, 0.29) is 36.8 Å². The van der Waals surface area contributed by atoms with E-state index in [0.29, 0.717) is 6.08 Å². The van der Waals surface area contributed by atoms with Crippen LogP contribution < -0.4 is 9.64 Å². The second kappa shape index (κ2) is 10.3. The normalized spacial score (nSPS) is 18.6. The summed E-state index contributed by atoms with van der Waals surface area (Å²) in [6.45, 7) is 4.58. The average Bonchev–Trinajstić information content (AvgIpc) is 3.20. The quantitative estimate of drug-likeness (QED) is 0.293. The Labute approximate surface area is 192 Å². The maximum Gasteiger partial charge on any atom is 0.416 e. The number of hydrogen-bond donors (Lipinski definition) is 0. The molecule has 1 saturated heterocycles. The highest BCUT2D eigenvalue weighted by molar-refractivity contribution is 5.88. The van der Waals surface area contributed by atoms with Crippen LogP contribution >= 0.6 is 0 Å². The molecule has 12 heteroatoms. The third-order valence-corrected chi connectivity index (χ3v) is 4.97. The summed E-state index contributed by atoms with van der Waals surface area (Å²) in [5.41, 5.74) is -0.700. The molecule has 34 heavy (non-hydrogen) atoms. The van der Waals surface area contributed by atoms with Crippen LogP contribution in [0.2, 0.25) is 0 Å². The number of aromatic nitrogens is 2. The van der Waals surface area contributed by atoms with Gasteiger partial charge in [0.05, 0.1) is 36.9 Å². The third-order valence-electron chi connectivity index (χ3n) is 4.97. The summed E-state index contributed by atoms with van der Waals surface area (Å²) < 4.78 is 80.8. The van der Waals surface area contributed by atoms with Crippen molar-refractivity contribution in [3.63, 3.8) is 0 Å². The Balaban J connectivity index is 1.75. The van der Waals surface area contributed by atoms with Crippen molar-refractivity contribution in [2.45, 2.75) is 37.8 Å². The molecule has 0 radical (unpaired) electrons. The number of nitrogens with zero attached hydrogens (tertiary/aromatic N) is 3. The topological polar surface area (TPSA) is 73.8 Å². The molecule has 0 bridgehead atoms. The number of carbonyl (C=O) groups excluding carboxylic acids is 1. The van der Waals surface area contributed by atoms with Crippen LogP contribution in [0.3, 0.4) is 0 Å². The zero-order valence-electron chi connectivity index (χ0n) is 18.1. The fourth-order valence-electron chi connectivity index (χ4n) is 3.33. The van der Waals surface area contributed by atoms with Gasteiger partial charge in [-0.2, -0.15) is 22.0 Å². The largest absolute Gasteiger partial charge is 0.489 e. The Hall–Kier alpha value is -3.28. The van der Waals surface area contributed by atoms with Crippen LogP contribution in [-0.2, 0) is 15.7 Å². The SMILES string of the molecule is C=CC(F)(F)OC[C@@H]1C[C@@H](Oc2ccc(C(F)(F)F)cc2)CN1c1ncc(C(=O)OCC)cn1. The van der Waals surface area contributed by atoms with Gasteiger partial charge in [-0.25, -0.2) is 14.8 Å². The molecule has 2 heterocycles. The first-order chi connectivity index (χ1) is 16.0. The molecular formula is C22H22F5N3O4. The molecule has 1 fully saturated rings. The third kappa shape index (κ3) is 6.40. The van der Waals surface area contributed by atoms with Crippen molar-refractivity contribution in [1.82, 2.24) is 9.97 Å². The van der Waals surface area contributed by atoms with E-state index in [2.05, 4.69) is 21.3 Å². The standard InChI is InChI=1S/C22H22F5N3O4/c1-3-21(23,24)33-13-16-9-18(34-17-7-5-15(6-8-17)22(25,26)27)12-30(16)20-28-10-14(11-29-20)19(31)32-4-2/h3,5-8,10-11,16,18H,1,4,9,12-13H2,2H3/t16-,18+/m0/s1. The van der Waals surface area contributed by atoms with Crippen molar-refractivity contribution < 1.29 is 41.0 Å². The van der Waals surface area contributed by atoms with Crippen molar-refractivity contribution in [1.29, 1.82) is 0 Å². The van der Waals surface area contributed by atoms with Crippen LogP contribution in [0.15, 0.2) is 49.3 Å². The van der Waals surface area contributed by atoms with Crippen LogP contribution in [0, 0.1) is 0 Å². The summed E-state index contributed by atoms with van der Waals surface area (Å²) in [7, 11) is 0. The second-order valence-electron chi connectivity index (χ2n) is 7.37. The summed E-state index contributed by atoms with van der Waals surface area (Å²) in [5.74, 6) is -0.277. The summed E-state index contributed by atoms with van der Waals surface area (Å²) in [6, 6.07) is 3.52. The number of esters is 1. The van der Waals surface area contributed by atoms with Crippen molar-refractivity contribution in [3.8, 4) is 5.75 Å². The lowest BCUT2D eigenvalue weighted by Crippen LogP contribution is -2.37. The number of carbonyl (C=O) groups is 1. The zero-order valence-corrected chi connectivity index (χ0v) is 18.1. The van der Waals surface area contributed by atoms with E-state index in [4.69, 9.17) is 9.47 Å². The molecule has 1 aromatic carbocycles. The van der Waals surface area contributed by atoms with Gasteiger partial charge in [0.25, 0.3) is 0 Å². The molecule has 0 aliphatic carbocycles. The van der Waals surface area contributed by atoms with E-state index in [1.54, 1.807) is 11.8 Å². The number of benzene rings is 1. The first-order valence-corrected chi connectivity index (χ1v) is 10.3. The van der Waals surface area contributed by atoms with Crippen LogP contribution in [0.1, 0.15) is 29.3 Å². The summed E-state index contributed by atoms with van der Waals surface area (Å²) >= 11 is 0. The highest BCUT2D eigenvalue weighted by Gasteiger charge is 2.38. The van der Waals surface area contributed by atoms with Crippen LogP contribution in [0.25, 0.3) is 0 Å². The fourth-order valence-corrected chi connectivity index (χ4v) is 3.33. The predicted octanol–water partition coefficient (Wildman–Crippen LogP) is 4.49. The van der Waals surface area contributed by atoms with Crippen molar-refractivity contribution in [3.05, 3.63) is 60.4 Å². The monoisotopic (exact) mass is 487 g/mol. The number of ether oxygens (including phenoxy) is 3. The number of rotatable bonds is 9. The van der Waals surface area contributed by atoms with Gasteiger partial charge in [0.15, 0.2) is 0 Å². The minimum Gasteiger partial charge on any atom is -0.489 e. The first-order valence-electron chi connectivity index (χ1n) is 10.3. The molecule has 1 aliphatic heterocycles. The first kappa shape index (κ1) is 25.3. The smallest absolute Gasteiger partial charge is 0.416 e. The van der Waals surface area contributed by atoms with Gasteiger partial charge in [-0.3, -0.25) is 0 Å². The number of alkyl halides is 5. The van der Waals surface area contributed by atoms with E-state index >= 15 is 0 Å². The van der Waals surface area contributed by atoms with Crippen molar-refractivity contribution in [2.24, 2.45) is 0 Å². The lowest BCUT2D eigenvalue weighted by atomic mass is 10.2. The van der Waals surface area contributed by atoms with Gasteiger partial charge in [0, 0.05) is 24.9 Å². The van der Waals surface area contributed by atoms with Gasteiger partial charge in [0.2, 0.25) is 5.95 Å². The van der Waals surface area contributed by atoms with Crippen LogP contribution in [-0.4, -0.2) is 54.0 Å². The number of halogens is 5. The lowest BCUT2D eigenvalue weighted by molar-refractivity contribution is -0.202. The van der Waals surface area contributed by atoms with Gasteiger partial charge in [-0.1, -0.05) is 6.58 Å². The van der Waals surface area contributed by atoms with E-state index in [9.17, 15) is 26.7 Å². The molecular weight excluding hydrogens is 465 g/mol. The van der Waals surface area contributed by atoms with Crippen molar-refractivity contribution in [2.75, 3.05) is 24.7 Å². The molecule has 2 aromatic rings. The van der Waals surface area contributed by atoms with Gasteiger partial charge < -0.3 is 19.1 Å². The van der Waals surface area contributed by atoms with Gasteiger partial charge in [-0.15, -0.1) is 0 Å². The predicted molar refractivity (Wildman–Crippen MR) is 111 cm³/mol. The van der Waals surface area contributed by atoms with Gasteiger partial charge in [0.1, 0.15) is 11.9 Å². The minimum absolute atomic E-state index is 0.119. The molecule has 0 saturated carbocycles. The Morgan fingerprint density at radius 1 is 1.18 bits per heavy atom. The molecule has 1 aromatic heterocycles. The zero-order chi connectivity index (χ0) is 24.9. The Kier molecular flexibility index (Phi) is 7.70. The summed E-state index contributed by atoms with van der Waals surface area (Å²) in [4.78, 5) is 21.6. The van der Waals surface area contributed by atoms with E-state index in [1.807, 2.05) is 0 Å². The molecule has 0 N–H and O–H groups in total. The molecule has 184 valence electrons. The highest BCUT2D eigenvalue weighted by Crippen LogP contribution is 2.32. The summed E-state index contributed by atoms with van der Waals surface area (Å²) in [5, 5.41) is 0. The van der Waals surface area contributed by atoms with E-state index < -0.39 is 42.6 Å². The summed E-state index contributed by atoms with van der Waals surface area (Å²) in [6.07, 6.45) is -5.52. The molecule has 0 amide bonds. The lowest BCUT2D eigenvalue weighted by Gasteiger charge is -2.25. The van der Waals surface area contributed by atoms with Crippen LogP contribution in [0.4, 0.5) is 27.9 Å². The highest BCUT2D eigenvalue weighted by atomic mass is 19.4. The number of anilines is 1. The van der Waals surface area contributed by atoms with E-state index in [0.717, 1.165) is 12.1 Å². The average molecular weight is 487 g/mol. The van der Waals surface area contributed by atoms with E-state index in [1.165, 1.54) is 24.5 Å². The second-order valence-corrected chi connectivity index (χ2v) is 7.37. The maximum atomic E-state index is 13.6. The van der Waals surface area contributed by atoms with Gasteiger partial charge >= 0.3 is 18.3 Å². The molecule has 7 nitrogen and oxygen atoms in total. The molecule has 3 rings (SSSR count). The molecule has 1 aliphatic rings. The van der Waals surface area contributed by atoms with Crippen LogP contribution in [0.5, 0.6) is 5.75 Å². The van der Waals surface area contributed by atoms with Crippen molar-refractivity contribution >= 4 is 11.9 Å². The minimum atomic E-state index is -4.48. The fraction of sp³-hybridized carbons (Fsp3) is 0.409.